The van der Waals surface area contributed by atoms with E-state index in [2.05, 4.69) is 21.2 Å². The number of rotatable bonds is 6. The maximum Gasteiger partial charge on any atom is 0.128 e. The summed E-state index contributed by atoms with van der Waals surface area (Å²) in [4.78, 5) is 0. The van der Waals surface area contributed by atoms with Gasteiger partial charge in [0.05, 0.1) is 12.7 Å². The van der Waals surface area contributed by atoms with Gasteiger partial charge in [-0.05, 0) is 30.8 Å². The van der Waals surface area contributed by atoms with Crippen LogP contribution < -0.4 is 5.32 Å². The third kappa shape index (κ3) is 4.13. The molecule has 0 aliphatic carbocycles. The molecule has 2 aromatic rings. The van der Waals surface area contributed by atoms with Crippen molar-refractivity contribution in [3.63, 3.8) is 0 Å². The van der Waals surface area contributed by atoms with E-state index < -0.39 is 0 Å². The predicted octanol–water partition coefficient (Wildman–Crippen LogP) is 4.07. The van der Waals surface area contributed by atoms with Gasteiger partial charge in [-0.2, -0.15) is 0 Å². The molecule has 0 bridgehead atoms. The van der Waals surface area contributed by atoms with Crippen LogP contribution in [0.5, 0.6) is 0 Å². The lowest BCUT2D eigenvalue weighted by Gasteiger charge is -2.18. The van der Waals surface area contributed by atoms with Gasteiger partial charge < -0.3 is 10.1 Å². The molecular weight excluding hydrogens is 321 g/mol. The van der Waals surface area contributed by atoms with Crippen LogP contribution in [0.3, 0.4) is 0 Å². The molecule has 20 heavy (non-hydrogen) atoms. The molecule has 0 spiro atoms. The molecule has 0 aliphatic rings. The minimum atomic E-state index is -0.230. The van der Waals surface area contributed by atoms with Gasteiger partial charge in [0.1, 0.15) is 5.82 Å². The Hall–Kier alpha value is -1.23. The van der Waals surface area contributed by atoms with E-state index in [1.54, 1.807) is 12.1 Å². The molecule has 0 saturated heterocycles. The SMILES string of the molecule is CNCC(OCc1ccccc1F)c1ccc(Br)cc1. The van der Waals surface area contributed by atoms with Crippen molar-refractivity contribution >= 4 is 15.9 Å². The molecular formula is C16H17BrFNO. The third-order valence-electron chi connectivity index (χ3n) is 3.03. The van der Waals surface area contributed by atoms with Crippen LogP contribution in [0.15, 0.2) is 53.0 Å². The van der Waals surface area contributed by atoms with E-state index in [4.69, 9.17) is 4.74 Å². The molecule has 0 amide bonds. The average Bonchev–Trinajstić information content (AvgIpc) is 2.46. The zero-order chi connectivity index (χ0) is 14.4. The summed E-state index contributed by atoms with van der Waals surface area (Å²) in [5.74, 6) is -0.230. The lowest BCUT2D eigenvalue weighted by Crippen LogP contribution is -2.19. The normalized spacial score (nSPS) is 12.3. The van der Waals surface area contributed by atoms with E-state index in [-0.39, 0.29) is 18.5 Å². The van der Waals surface area contributed by atoms with Crippen LogP contribution in [-0.4, -0.2) is 13.6 Å². The smallest absolute Gasteiger partial charge is 0.128 e. The molecule has 4 heteroatoms. The molecule has 2 aromatic carbocycles. The Kier molecular flexibility index (Phi) is 5.71. The molecule has 106 valence electrons. The number of hydrogen-bond donors (Lipinski definition) is 1. The second kappa shape index (κ2) is 7.53. The van der Waals surface area contributed by atoms with Crippen LogP contribution in [0.25, 0.3) is 0 Å². The lowest BCUT2D eigenvalue weighted by molar-refractivity contribution is 0.0395. The first-order valence-corrected chi connectivity index (χ1v) is 7.25. The summed E-state index contributed by atoms with van der Waals surface area (Å²) < 4.78 is 20.5. The van der Waals surface area contributed by atoms with Crippen molar-refractivity contribution in [1.82, 2.24) is 5.32 Å². The molecule has 2 nitrogen and oxygen atoms in total. The van der Waals surface area contributed by atoms with Gasteiger partial charge in [-0.3, -0.25) is 0 Å². The first kappa shape index (κ1) is 15.2. The average molecular weight is 338 g/mol. The van der Waals surface area contributed by atoms with Gasteiger partial charge in [0.15, 0.2) is 0 Å². The topological polar surface area (TPSA) is 21.3 Å². The van der Waals surface area contributed by atoms with Gasteiger partial charge in [-0.25, -0.2) is 4.39 Å². The molecule has 1 atom stereocenters. The summed E-state index contributed by atoms with van der Waals surface area (Å²) in [6.45, 7) is 0.936. The highest BCUT2D eigenvalue weighted by molar-refractivity contribution is 9.10. The number of halogens is 2. The number of nitrogens with one attached hydrogen (secondary N) is 1. The number of likely N-dealkylation sites (N-methyl/N-ethyl adjacent to an activating group) is 1. The Balaban J connectivity index is 2.06. The van der Waals surface area contributed by atoms with E-state index in [0.717, 1.165) is 10.0 Å². The van der Waals surface area contributed by atoms with E-state index in [0.29, 0.717) is 12.1 Å². The molecule has 0 fully saturated rings. The summed E-state index contributed by atoms with van der Waals surface area (Å²) in [5.41, 5.74) is 1.64. The van der Waals surface area contributed by atoms with Crippen LogP contribution in [0.1, 0.15) is 17.2 Å². The molecule has 0 aliphatic heterocycles. The van der Waals surface area contributed by atoms with Crippen LogP contribution >= 0.6 is 15.9 Å². The fourth-order valence-corrected chi connectivity index (χ4v) is 2.21. The highest BCUT2D eigenvalue weighted by Gasteiger charge is 2.12. The molecule has 1 unspecified atom stereocenters. The number of benzene rings is 2. The van der Waals surface area contributed by atoms with E-state index in [1.807, 2.05) is 37.4 Å². The van der Waals surface area contributed by atoms with Crippen molar-refractivity contribution in [1.29, 1.82) is 0 Å². The molecule has 0 aromatic heterocycles. The first-order chi connectivity index (χ1) is 9.70. The van der Waals surface area contributed by atoms with Crippen LogP contribution in [0.4, 0.5) is 4.39 Å². The summed E-state index contributed by atoms with van der Waals surface area (Å²) >= 11 is 3.41. The van der Waals surface area contributed by atoms with Crippen molar-refractivity contribution in [3.05, 3.63) is 69.9 Å². The first-order valence-electron chi connectivity index (χ1n) is 6.46. The summed E-state index contributed by atoms with van der Waals surface area (Å²) in [5, 5.41) is 3.10. The van der Waals surface area contributed by atoms with Gasteiger partial charge in [0.2, 0.25) is 0 Å². The quantitative estimate of drug-likeness (QED) is 0.857. The van der Waals surface area contributed by atoms with Gasteiger partial charge in [-0.1, -0.05) is 46.3 Å². The standard InChI is InChI=1S/C16H17BrFNO/c1-19-10-16(12-6-8-14(17)9-7-12)20-11-13-4-2-3-5-15(13)18/h2-9,16,19H,10-11H2,1H3. The fourth-order valence-electron chi connectivity index (χ4n) is 1.94. The summed E-state index contributed by atoms with van der Waals surface area (Å²) in [6.07, 6.45) is -0.104. The summed E-state index contributed by atoms with van der Waals surface area (Å²) in [6, 6.07) is 14.7. The largest absolute Gasteiger partial charge is 0.367 e. The van der Waals surface area contributed by atoms with Gasteiger partial charge in [-0.15, -0.1) is 0 Å². The van der Waals surface area contributed by atoms with Gasteiger partial charge in [0, 0.05) is 16.6 Å². The second-order valence-corrected chi connectivity index (χ2v) is 5.42. The Labute approximate surface area is 127 Å². The van der Waals surface area contributed by atoms with Crippen molar-refractivity contribution in [2.24, 2.45) is 0 Å². The Morgan fingerprint density at radius 3 is 2.50 bits per heavy atom. The van der Waals surface area contributed by atoms with E-state index in [9.17, 15) is 4.39 Å². The van der Waals surface area contributed by atoms with Crippen LogP contribution in [0.2, 0.25) is 0 Å². The van der Waals surface area contributed by atoms with E-state index in [1.165, 1.54) is 6.07 Å². The maximum atomic E-state index is 13.6. The highest BCUT2D eigenvalue weighted by atomic mass is 79.9. The van der Waals surface area contributed by atoms with Crippen molar-refractivity contribution in [3.8, 4) is 0 Å². The fraction of sp³-hybridized carbons (Fsp3) is 0.250. The maximum absolute atomic E-state index is 13.6. The monoisotopic (exact) mass is 337 g/mol. The predicted molar refractivity (Wildman–Crippen MR) is 82.0 cm³/mol. The van der Waals surface area contributed by atoms with E-state index >= 15 is 0 Å². The van der Waals surface area contributed by atoms with Gasteiger partial charge >= 0.3 is 0 Å². The Bertz CT molecular complexity index is 544. The van der Waals surface area contributed by atoms with Crippen molar-refractivity contribution in [2.45, 2.75) is 12.7 Å². The summed E-state index contributed by atoms with van der Waals surface area (Å²) in [7, 11) is 1.87. The molecule has 1 N–H and O–H groups in total. The highest BCUT2D eigenvalue weighted by Crippen LogP contribution is 2.21. The zero-order valence-corrected chi connectivity index (χ0v) is 12.9. The molecule has 0 heterocycles. The third-order valence-corrected chi connectivity index (χ3v) is 3.56. The van der Waals surface area contributed by atoms with Crippen molar-refractivity contribution in [2.75, 3.05) is 13.6 Å². The van der Waals surface area contributed by atoms with Gasteiger partial charge in [0.25, 0.3) is 0 Å². The second-order valence-electron chi connectivity index (χ2n) is 4.50. The van der Waals surface area contributed by atoms with Crippen LogP contribution in [-0.2, 0) is 11.3 Å². The number of ether oxygens (including phenoxy) is 1. The minimum Gasteiger partial charge on any atom is -0.367 e. The molecule has 0 saturated carbocycles. The van der Waals surface area contributed by atoms with Crippen molar-refractivity contribution < 1.29 is 9.13 Å². The zero-order valence-electron chi connectivity index (χ0n) is 11.3. The van der Waals surface area contributed by atoms with Crippen LogP contribution in [0, 0.1) is 5.82 Å². The molecule has 0 radical (unpaired) electrons. The minimum absolute atomic E-state index is 0.104. The number of hydrogen-bond acceptors (Lipinski definition) is 2. The lowest BCUT2D eigenvalue weighted by atomic mass is 10.1. The Morgan fingerprint density at radius 2 is 1.85 bits per heavy atom. The molecule has 2 rings (SSSR count). The Morgan fingerprint density at radius 1 is 1.15 bits per heavy atom.